The molecule has 0 heterocycles. The predicted octanol–water partition coefficient (Wildman–Crippen LogP) is 1.59. The van der Waals surface area contributed by atoms with Crippen LogP contribution in [0.1, 0.15) is 6.92 Å². The van der Waals surface area contributed by atoms with E-state index in [4.69, 9.17) is 0 Å². The maximum atomic E-state index is 11.3. The first-order valence-corrected chi connectivity index (χ1v) is 2.74. The van der Waals surface area contributed by atoms with E-state index in [0.29, 0.717) is 0 Å². The van der Waals surface area contributed by atoms with Gasteiger partial charge in [-0.25, -0.2) is 7.50 Å². The van der Waals surface area contributed by atoms with Crippen molar-refractivity contribution in [1.29, 1.82) is 0 Å². The Balaban J connectivity index is 2.75. The fraction of sp³-hybridized carbons (Fsp3) is 1.00. The van der Waals surface area contributed by atoms with Gasteiger partial charge in [-0.2, -0.15) is 0 Å². The molecule has 0 N–H and O–H groups in total. The van der Waals surface area contributed by atoms with Gasteiger partial charge in [0.1, 0.15) is 0 Å². The zero-order valence-electron chi connectivity index (χ0n) is 3.62. The summed E-state index contributed by atoms with van der Waals surface area (Å²) in [5.41, 5.74) is 0. The first-order valence-electron chi connectivity index (χ1n) is 1.78. The number of hydrogen-bond acceptors (Lipinski definition) is 1. The molecule has 0 radical (unpaired) electrons. The van der Waals surface area contributed by atoms with E-state index in [-0.39, 0.29) is 6.80 Å². The number of rotatable bonds is 2. The van der Waals surface area contributed by atoms with Crippen LogP contribution in [0.15, 0.2) is 0 Å². The quantitative estimate of drug-likeness (QED) is 0.374. The van der Waals surface area contributed by atoms with E-state index < -0.39 is 0 Å². The van der Waals surface area contributed by atoms with Crippen LogP contribution >= 0.6 is 22.9 Å². The molecule has 0 saturated carbocycles. The molecule has 0 bridgehead atoms. The molecule has 0 aliphatic rings. The van der Waals surface area contributed by atoms with Gasteiger partial charge in [0.2, 0.25) is 0 Å². The summed E-state index contributed by atoms with van der Waals surface area (Å²) >= 11 is 1.93. The molecule has 0 aromatic carbocycles. The smallest absolute Gasteiger partial charge is 0.151 e. The van der Waals surface area contributed by atoms with Gasteiger partial charge in [-0.1, -0.05) is 6.92 Å². The van der Waals surface area contributed by atoms with Gasteiger partial charge < -0.3 is 0 Å². The summed E-state index contributed by atoms with van der Waals surface area (Å²) in [6, 6.07) is 0. The largest absolute Gasteiger partial charge is 0.233 e. The molecule has 0 saturated heterocycles. The molecule has 6 heavy (non-hydrogen) atoms. The summed E-state index contributed by atoms with van der Waals surface area (Å²) in [4.78, 5) is 0. The van der Waals surface area contributed by atoms with Crippen LogP contribution in [0.25, 0.3) is 0 Å². The number of nitrogens with zero attached hydrogens (tertiary/aromatic N) is 1. The molecule has 0 unspecified atom stereocenters. The monoisotopic (exact) mass is 203 g/mol. The Morgan fingerprint density at radius 2 is 2.33 bits per heavy atom. The molecule has 0 rings (SSSR count). The Hall–Kier alpha value is 0.620. The van der Waals surface area contributed by atoms with E-state index >= 15 is 0 Å². The molecule has 38 valence electrons. The van der Waals surface area contributed by atoms with Crippen molar-refractivity contribution >= 4 is 22.9 Å². The minimum atomic E-state index is -0.350. The van der Waals surface area contributed by atoms with Crippen LogP contribution in [-0.2, 0) is 0 Å². The lowest BCUT2D eigenvalue weighted by Crippen LogP contribution is -2.06. The molecular formula is C3H7FIN. The van der Waals surface area contributed by atoms with Crippen molar-refractivity contribution < 1.29 is 4.39 Å². The Bertz CT molecular complexity index is 30.0. The van der Waals surface area contributed by atoms with Crippen molar-refractivity contribution in [3.05, 3.63) is 0 Å². The van der Waals surface area contributed by atoms with Crippen molar-refractivity contribution in [1.82, 2.24) is 3.11 Å². The molecule has 1 nitrogen and oxygen atoms in total. The molecule has 0 amide bonds. The van der Waals surface area contributed by atoms with E-state index in [2.05, 4.69) is 0 Å². The van der Waals surface area contributed by atoms with Crippen LogP contribution in [0, 0.1) is 0 Å². The maximum absolute atomic E-state index is 11.3. The third kappa shape index (κ3) is 2.84. The molecule has 0 aliphatic heterocycles. The van der Waals surface area contributed by atoms with Crippen LogP contribution in [-0.4, -0.2) is 16.5 Å². The number of hydrogen-bond donors (Lipinski definition) is 0. The maximum Gasteiger partial charge on any atom is 0.151 e. The highest BCUT2D eigenvalue weighted by Crippen LogP contribution is 1.94. The van der Waals surface area contributed by atoms with Crippen molar-refractivity contribution in [2.24, 2.45) is 0 Å². The second-order valence-corrected chi connectivity index (χ2v) is 2.26. The van der Waals surface area contributed by atoms with Crippen molar-refractivity contribution in [3.63, 3.8) is 0 Å². The fourth-order valence-electron chi connectivity index (χ4n) is 0.0845. The average molecular weight is 203 g/mol. The number of halogens is 2. The van der Waals surface area contributed by atoms with Gasteiger partial charge in [0, 0.05) is 29.4 Å². The van der Waals surface area contributed by atoms with Gasteiger partial charge in [0.25, 0.3) is 0 Å². The van der Waals surface area contributed by atoms with Crippen LogP contribution < -0.4 is 0 Å². The highest BCUT2D eigenvalue weighted by molar-refractivity contribution is 14.1. The third-order valence-corrected chi connectivity index (χ3v) is 1.41. The molecule has 3 heteroatoms. The van der Waals surface area contributed by atoms with Gasteiger partial charge in [-0.15, -0.1) is 0 Å². The van der Waals surface area contributed by atoms with Gasteiger partial charge in [-0.3, -0.25) is 0 Å². The second kappa shape index (κ2) is 3.80. The lowest BCUT2D eigenvalue weighted by molar-refractivity contribution is 0.344. The van der Waals surface area contributed by atoms with E-state index in [1.165, 1.54) is 0 Å². The molecule has 0 aromatic heterocycles. The lowest BCUT2D eigenvalue weighted by atomic mass is 10.8. The van der Waals surface area contributed by atoms with Crippen LogP contribution in [0.2, 0.25) is 0 Å². The Labute approximate surface area is 51.0 Å². The van der Waals surface area contributed by atoms with Gasteiger partial charge in [-0.05, 0) is 0 Å². The Morgan fingerprint density at radius 1 is 1.83 bits per heavy atom. The molecule has 0 aromatic rings. The van der Waals surface area contributed by atoms with Crippen molar-refractivity contribution in [3.8, 4) is 0 Å². The molecular weight excluding hydrogens is 196 g/mol. The molecule has 0 fully saturated rings. The number of alkyl halides is 1. The summed E-state index contributed by atoms with van der Waals surface area (Å²) in [6.07, 6.45) is 0. The van der Waals surface area contributed by atoms with Crippen molar-refractivity contribution in [2.45, 2.75) is 6.92 Å². The minimum Gasteiger partial charge on any atom is -0.233 e. The lowest BCUT2D eigenvalue weighted by Gasteiger charge is -2.00. The fourth-order valence-corrected chi connectivity index (χ4v) is 0.0845. The van der Waals surface area contributed by atoms with Crippen LogP contribution in [0.3, 0.4) is 0 Å². The van der Waals surface area contributed by atoms with Gasteiger partial charge >= 0.3 is 0 Å². The summed E-state index contributed by atoms with van der Waals surface area (Å²) in [6.45, 7) is 2.33. The van der Waals surface area contributed by atoms with Gasteiger partial charge in [0.15, 0.2) is 6.80 Å². The Kier molecular flexibility index (Phi) is 4.19. The topological polar surface area (TPSA) is 3.24 Å². The summed E-state index contributed by atoms with van der Waals surface area (Å²) in [5.74, 6) is 0. The molecule has 0 spiro atoms. The minimum absolute atomic E-state index is 0.350. The molecule has 0 atom stereocenters. The van der Waals surface area contributed by atoms with E-state index in [9.17, 15) is 4.39 Å². The van der Waals surface area contributed by atoms with E-state index in [0.717, 1.165) is 6.54 Å². The third-order valence-electron chi connectivity index (χ3n) is 0.473. The average Bonchev–Trinajstić information content (AvgIpc) is 1.65. The first kappa shape index (κ1) is 6.62. The van der Waals surface area contributed by atoms with Crippen molar-refractivity contribution in [2.75, 3.05) is 13.3 Å². The first-order chi connectivity index (χ1) is 2.81. The van der Waals surface area contributed by atoms with Gasteiger partial charge in [0.05, 0.1) is 0 Å². The second-order valence-electron chi connectivity index (χ2n) is 0.898. The summed E-state index contributed by atoms with van der Waals surface area (Å²) < 4.78 is 12.9. The standard InChI is InChI=1S/C3H7FIN/c1-2-6(5)3-4/h2-3H2,1H3. The summed E-state index contributed by atoms with van der Waals surface area (Å²) in [5, 5.41) is 0. The SMILES string of the molecule is CCN(I)CF. The Morgan fingerprint density at radius 3 is 2.33 bits per heavy atom. The normalized spacial score (nSPS) is 10.0. The van der Waals surface area contributed by atoms with Crippen LogP contribution in [0.4, 0.5) is 4.39 Å². The predicted molar refractivity (Wildman–Crippen MR) is 32.4 cm³/mol. The van der Waals surface area contributed by atoms with E-state index in [1.54, 1.807) is 3.11 Å². The highest BCUT2D eigenvalue weighted by atomic mass is 127. The zero-order chi connectivity index (χ0) is 4.99. The molecule has 0 aliphatic carbocycles. The van der Waals surface area contributed by atoms with E-state index in [1.807, 2.05) is 29.8 Å². The highest BCUT2D eigenvalue weighted by Gasteiger charge is 1.87. The zero-order valence-corrected chi connectivity index (χ0v) is 5.77. The van der Waals surface area contributed by atoms with Crippen LogP contribution in [0.5, 0.6) is 0 Å². The summed E-state index contributed by atoms with van der Waals surface area (Å²) in [7, 11) is 0.